The van der Waals surface area contributed by atoms with Crippen molar-refractivity contribution < 1.29 is 28.5 Å². The van der Waals surface area contributed by atoms with Crippen molar-refractivity contribution in [1.29, 1.82) is 0 Å². The number of carbonyl (C=O) groups is 2. The van der Waals surface area contributed by atoms with Crippen molar-refractivity contribution in [2.24, 2.45) is 5.92 Å². The Hall–Kier alpha value is -3.75. The number of hydrogen-bond donors (Lipinski definition) is 1. The van der Waals surface area contributed by atoms with Gasteiger partial charge in [-0.1, -0.05) is 37.6 Å². The molecule has 1 heterocycles. The zero-order chi connectivity index (χ0) is 26.9. The van der Waals surface area contributed by atoms with E-state index < -0.39 is 5.91 Å². The number of para-hydroxylation sites is 2. The van der Waals surface area contributed by atoms with Gasteiger partial charge in [-0.15, -0.1) is 0 Å². The molecular formula is C29H31ClN2O6. The van der Waals surface area contributed by atoms with Crippen molar-refractivity contribution in [2.45, 2.75) is 13.8 Å². The van der Waals surface area contributed by atoms with Gasteiger partial charge in [0, 0.05) is 17.1 Å². The molecule has 3 aromatic carbocycles. The van der Waals surface area contributed by atoms with Gasteiger partial charge in [0.1, 0.15) is 18.9 Å². The number of nitrogens with one attached hydrogen (secondary N) is 1. The summed E-state index contributed by atoms with van der Waals surface area (Å²) in [5, 5.41) is 3.26. The van der Waals surface area contributed by atoms with Crippen molar-refractivity contribution in [3.8, 4) is 23.0 Å². The lowest BCUT2D eigenvalue weighted by Crippen LogP contribution is -2.40. The highest BCUT2D eigenvalue weighted by molar-refractivity contribution is 6.31. The Balaban J connectivity index is 1.54. The lowest BCUT2D eigenvalue weighted by Gasteiger charge is -2.23. The average Bonchev–Trinajstić information content (AvgIpc) is 2.91. The minimum Gasteiger partial charge on any atom is -0.493 e. The topological polar surface area (TPSA) is 86.3 Å². The smallest absolute Gasteiger partial charge is 0.254 e. The highest BCUT2D eigenvalue weighted by atomic mass is 35.5. The van der Waals surface area contributed by atoms with Crippen LogP contribution in [0.25, 0.3) is 0 Å². The number of ether oxygens (including phenoxy) is 4. The van der Waals surface area contributed by atoms with Crippen LogP contribution in [0.5, 0.6) is 23.0 Å². The van der Waals surface area contributed by atoms with Gasteiger partial charge in [-0.2, -0.15) is 0 Å². The molecule has 1 N–H and O–H groups in total. The van der Waals surface area contributed by atoms with E-state index in [0.717, 1.165) is 0 Å². The van der Waals surface area contributed by atoms with Gasteiger partial charge < -0.3 is 29.2 Å². The van der Waals surface area contributed by atoms with Crippen LogP contribution in [0.1, 0.15) is 24.2 Å². The summed E-state index contributed by atoms with van der Waals surface area (Å²) in [5.41, 5.74) is 0.820. The van der Waals surface area contributed by atoms with E-state index in [0.29, 0.717) is 58.4 Å². The third-order valence-electron chi connectivity index (χ3n) is 5.58. The third kappa shape index (κ3) is 7.63. The highest BCUT2D eigenvalue weighted by Crippen LogP contribution is 2.36. The predicted octanol–water partition coefficient (Wildman–Crippen LogP) is 5.66. The molecule has 0 atom stereocenters. The van der Waals surface area contributed by atoms with E-state index in [1.807, 2.05) is 12.1 Å². The fourth-order valence-corrected chi connectivity index (χ4v) is 3.88. The lowest BCUT2D eigenvalue weighted by atomic mass is 10.2. The summed E-state index contributed by atoms with van der Waals surface area (Å²) in [5.74, 6) is 1.78. The molecule has 0 saturated heterocycles. The van der Waals surface area contributed by atoms with Crippen LogP contribution in [-0.4, -0.2) is 56.2 Å². The Morgan fingerprint density at radius 2 is 1.76 bits per heavy atom. The molecule has 4 rings (SSSR count). The number of amides is 2. The molecule has 8 nitrogen and oxygen atoms in total. The third-order valence-corrected chi connectivity index (χ3v) is 5.82. The minimum absolute atomic E-state index is 0.188. The second-order valence-corrected chi connectivity index (χ2v) is 9.59. The zero-order valence-corrected chi connectivity index (χ0v) is 22.2. The normalized spacial score (nSPS) is 14.6. The van der Waals surface area contributed by atoms with Crippen LogP contribution in [0, 0.1) is 5.92 Å². The number of carbonyl (C=O) groups excluding carboxylic acids is 2. The molecular weight excluding hydrogens is 508 g/mol. The number of halogens is 1. The van der Waals surface area contributed by atoms with Gasteiger partial charge in [0.2, 0.25) is 5.91 Å². The standard InChI is InChI=1S/C29H31ClN2O6/c1-20(2)19-37-23-10-7-21(8-11-23)29(34)32-13-14-35-15-16-36-26-5-3-4-6-27(26)38-25-12-9-22(30)17-24(25)31-28(33)18-32/h3-12,17,20H,13-16,18-19H2,1-2H3,(H,31,33). The molecule has 9 heteroatoms. The maximum atomic E-state index is 13.3. The van der Waals surface area contributed by atoms with Gasteiger partial charge in [0.05, 0.1) is 25.5 Å². The SMILES string of the molecule is CC(C)COc1ccc(C(=O)N2CCOCCOc3ccccc3Oc3ccc(Cl)cc3NC(=O)C2)cc1. The van der Waals surface area contributed by atoms with Gasteiger partial charge in [-0.25, -0.2) is 0 Å². The number of nitrogens with zero attached hydrogens (tertiary/aromatic N) is 1. The van der Waals surface area contributed by atoms with Crippen molar-refractivity contribution >= 4 is 29.1 Å². The first-order valence-electron chi connectivity index (χ1n) is 12.5. The molecule has 0 fully saturated rings. The molecule has 2 amide bonds. The minimum atomic E-state index is -0.401. The molecule has 38 heavy (non-hydrogen) atoms. The van der Waals surface area contributed by atoms with Gasteiger partial charge >= 0.3 is 0 Å². The molecule has 200 valence electrons. The second-order valence-electron chi connectivity index (χ2n) is 9.15. The van der Waals surface area contributed by atoms with Crippen molar-refractivity contribution in [3.05, 3.63) is 77.3 Å². The number of rotatable bonds is 4. The number of hydrogen-bond acceptors (Lipinski definition) is 6. The molecule has 0 aliphatic carbocycles. The molecule has 0 saturated carbocycles. The Labute approximate surface area is 227 Å². The van der Waals surface area contributed by atoms with Gasteiger partial charge in [0.15, 0.2) is 17.2 Å². The summed E-state index contributed by atoms with van der Waals surface area (Å²) in [7, 11) is 0. The first-order chi connectivity index (χ1) is 18.4. The summed E-state index contributed by atoms with van der Waals surface area (Å²) in [6.07, 6.45) is 0. The molecule has 0 spiro atoms. The highest BCUT2D eigenvalue weighted by Gasteiger charge is 2.21. The monoisotopic (exact) mass is 538 g/mol. The van der Waals surface area contributed by atoms with Crippen LogP contribution in [-0.2, 0) is 9.53 Å². The summed E-state index contributed by atoms with van der Waals surface area (Å²) in [6, 6.07) is 19.1. The molecule has 0 aromatic heterocycles. The summed E-state index contributed by atoms with van der Waals surface area (Å²) < 4.78 is 23.3. The van der Waals surface area contributed by atoms with Gasteiger partial charge in [-0.3, -0.25) is 9.59 Å². The van der Waals surface area contributed by atoms with Gasteiger partial charge in [0.25, 0.3) is 5.91 Å². The van der Waals surface area contributed by atoms with Crippen LogP contribution in [0.4, 0.5) is 5.69 Å². The van der Waals surface area contributed by atoms with Crippen molar-refractivity contribution in [1.82, 2.24) is 4.90 Å². The molecule has 1 aliphatic rings. The Morgan fingerprint density at radius 1 is 1.00 bits per heavy atom. The summed E-state index contributed by atoms with van der Waals surface area (Å²) >= 11 is 6.21. The first-order valence-corrected chi connectivity index (χ1v) is 12.9. The van der Waals surface area contributed by atoms with E-state index >= 15 is 0 Å². The van der Waals surface area contributed by atoms with Gasteiger partial charge in [-0.05, 0) is 60.5 Å². The molecule has 0 unspecified atom stereocenters. The maximum Gasteiger partial charge on any atom is 0.254 e. The van der Waals surface area contributed by atoms with Crippen LogP contribution in [0.3, 0.4) is 0 Å². The zero-order valence-electron chi connectivity index (χ0n) is 21.4. The fourth-order valence-electron chi connectivity index (χ4n) is 3.70. The maximum absolute atomic E-state index is 13.3. The van der Waals surface area contributed by atoms with E-state index in [9.17, 15) is 9.59 Å². The van der Waals surface area contributed by atoms with E-state index in [1.165, 1.54) is 4.90 Å². The lowest BCUT2D eigenvalue weighted by molar-refractivity contribution is -0.117. The van der Waals surface area contributed by atoms with Crippen LogP contribution in [0.2, 0.25) is 5.02 Å². The van der Waals surface area contributed by atoms with E-state index in [1.54, 1.807) is 54.6 Å². The quantitative estimate of drug-likeness (QED) is 0.461. The summed E-state index contributed by atoms with van der Waals surface area (Å²) in [6.45, 7) is 5.57. The van der Waals surface area contributed by atoms with E-state index in [-0.39, 0.29) is 32.2 Å². The Bertz CT molecular complexity index is 1250. The predicted molar refractivity (Wildman–Crippen MR) is 146 cm³/mol. The Kier molecular flexibility index (Phi) is 9.46. The molecule has 0 bridgehead atoms. The molecule has 3 aromatic rings. The first kappa shape index (κ1) is 27.3. The van der Waals surface area contributed by atoms with Crippen molar-refractivity contribution in [2.75, 3.05) is 44.8 Å². The van der Waals surface area contributed by atoms with Crippen molar-refractivity contribution in [3.63, 3.8) is 0 Å². The van der Waals surface area contributed by atoms with Crippen LogP contribution >= 0.6 is 11.6 Å². The van der Waals surface area contributed by atoms with Crippen LogP contribution < -0.4 is 19.5 Å². The van der Waals surface area contributed by atoms with Crippen LogP contribution in [0.15, 0.2) is 66.7 Å². The molecule has 1 aliphatic heterocycles. The Morgan fingerprint density at radius 3 is 2.53 bits per heavy atom. The van der Waals surface area contributed by atoms with E-state index in [2.05, 4.69) is 19.2 Å². The summed E-state index contributed by atoms with van der Waals surface area (Å²) in [4.78, 5) is 27.9. The average molecular weight is 539 g/mol. The largest absolute Gasteiger partial charge is 0.493 e. The number of fused-ring (bicyclic) bond motifs is 2. The fraction of sp³-hybridized carbons (Fsp3) is 0.310. The molecule has 0 radical (unpaired) electrons. The number of anilines is 1. The number of benzene rings is 3. The second kappa shape index (κ2) is 13.2. The van der Waals surface area contributed by atoms with E-state index in [4.69, 9.17) is 30.5 Å².